The van der Waals surface area contributed by atoms with Gasteiger partial charge in [-0.3, -0.25) is 9.36 Å². The minimum absolute atomic E-state index is 0.0706. The molecule has 0 heterocycles. The molecule has 0 saturated carbocycles. The maximum absolute atomic E-state index is 11.3. The average molecular weight is 222 g/mol. The van der Waals surface area contributed by atoms with Crippen molar-refractivity contribution < 1.29 is 23.4 Å². The summed E-state index contributed by atoms with van der Waals surface area (Å²) in [4.78, 5) is 21.9. The van der Waals surface area contributed by atoms with Crippen LogP contribution in [0.4, 0.5) is 0 Å². The zero-order valence-electron chi connectivity index (χ0n) is 8.61. The molecule has 0 spiro atoms. The summed E-state index contributed by atoms with van der Waals surface area (Å²) in [5, 5.41) is 0. The highest BCUT2D eigenvalue weighted by Crippen LogP contribution is 2.41. The summed E-state index contributed by atoms with van der Waals surface area (Å²) in [5.74, 6) is -1.53. The van der Waals surface area contributed by atoms with Gasteiger partial charge in [0.05, 0.1) is 6.61 Å². The van der Waals surface area contributed by atoms with E-state index in [0.29, 0.717) is 0 Å². The van der Waals surface area contributed by atoms with Crippen LogP contribution in [-0.4, -0.2) is 38.3 Å². The Hall–Kier alpha value is -0.670. The summed E-state index contributed by atoms with van der Waals surface area (Å²) < 4.78 is 20.5. The number of carbonyl (C=O) groups is 2. The summed E-state index contributed by atoms with van der Waals surface area (Å²) >= 11 is 0. The molecule has 0 aliphatic rings. The van der Waals surface area contributed by atoms with E-state index >= 15 is 0 Å². The first-order valence-corrected chi connectivity index (χ1v) is 6.51. The summed E-state index contributed by atoms with van der Waals surface area (Å²) in [7, 11) is -1.40. The minimum Gasteiger partial charge on any atom is -0.460 e. The molecule has 0 fully saturated rings. The maximum atomic E-state index is 11.3. The Labute approximate surface area is 83.2 Å². The van der Waals surface area contributed by atoms with Crippen molar-refractivity contribution in [3.8, 4) is 0 Å². The highest BCUT2D eigenvalue weighted by atomic mass is 31.2. The third-order valence-electron chi connectivity index (χ3n) is 1.63. The largest absolute Gasteiger partial charge is 0.460 e. The number of ketones is 1. The molecule has 0 bridgehead atoms. The zero-order chi connectivity index (χ0) is 11.2. The van der Waals surface area contributed by atoms with Crippen molar-refractivity contribution in [3.63, 3.8) is 0 Å². The number of ether oxygens (including phenoxy) is 1. The van der Waals surface area contributed by atoms with Crippen molar-refractivity contribution in [3.05, 3.63) is 0 Å². The molecule has 0 aliphatic heterocycles. The lowest BCUT2D eigenvalue weighted by atomic mass is 10.3. The van der Waals surface area contributed by atoms with Crippen LogP contribution in [0.5, 0.6) is 0 Å². The standard InChI is InChI=1S/C8H15O5P/c1-4-13-8(10)7(9)5-6-14(3,11)12-2/h4-6H2,1-3H3. The highest BCUT2D eigenvalue weighted by Gasteiger charge is 2.20. The second-order valence-corrected chi connectivity index (χ2v) is 5.65. The summed E-state index contributed by atoms with van der Waals surface area (Å²) in [6, 6.07) is 0. The smallest absolute Gasteiger partial charge is 0.374 e. The molecular weight excluding hydrogens is 207 g/mol. The molecule has 1 unspecified atom stereocenters. The van der Waals surface area contributed by atoms with Crippen LogP contribution in [0.3, 0.4) is 0 Å². The van der Waals surface area contributed by atoms with E-state index in [-0.39, 0.29) is 19.2 Å². The molecular formula is C8H15O5P. The predicted octanol–water partition coefficient (Wildman–Crippen LogP) is 1.06. The third-order valence-corrected chi connectivity index (χ3v) is 3.44. The van der Waals surface area contributed by atoms with Gasteiger partial charge in [-0.1, -0.05) is 0 Å². The SMILES string of the molecule is CCOC(=O)C(=O)CCP(C)(=O)OC. The Bertz CT molecular complexity index is 260. The van der Waals surface area contributed by atoms with Crippen LogP contribution in [0, 0.1) is 0 Å². The van der Waals surface area contributed by atoms with Crippen LogP contribution in [0.1, 0.15) is 13.3 Å². The number of hydrogen-bond donors (Lipinski definition) is 0. The lowest BCUT2D eigenvalue weighted by Gasteiger charge is -2.08. The van der Waals surface area contributed by atoms with E-state index in [1.54, 1.807) is 6.92 Å². The van der Waals surface area contributed by atoms with Gasteiger partial charge >= 0.3 is 5.97 Å². The fraction of sp³-hybridized carbons (Fsp3) is 0.750. The van der Waals surface area contributed by atoms with Crippen molar-refractivity contribution in [2.75, 3.05) is 26.5 Å². The molecule has 82 valence electrons. The van der Waals surface area contributed by atoms with Gasteiger partial charge in [0.25, 0.3) is 0 Å². The Balaban J connectivity index is 3.97. The van der Waals surface area contributed by atoms with Crippen LogP contribution in [0.2, 0.25) is 0 Å². The van der Waals surface area contributed by atoms with Crippen LogP contribution in [0.25, 0.3) is 0 Å². The lowest BCUT2D eigenvalue weighted by molar-refractivity contribution is -0.153. The Morgan fingerprint density at radius 2 is 1.93 bits per heavy atom. The molecule has 0 N–H and O–H groups in total. The first-order chi connectivity index (χ1) is 6.43. The molecule has 14 heavy (non-hydrogen) atoms. The van der Waals surface area contributed by atoms with Crippen molar-refractivity contribution >= 4 is 19.1 Å². The van der Waals surface area contributed by atoms with Gasteiger partial charge in [-0.05, 0) is 6.92 Å². The number of rotatable bonds is 6. The highest BCUT2D eigenvalue weighted by molar-refractivity contribution is 7.58. The van der Waals surface area contributed by atoms with Gasteiger partial charge in [0.1, 0.15) is 0 Å². The molecule has 0 rings (SSSR count). The van der Waals surface area contributed by atoms with E-state index in [4.69, 9.17) is 0 Å². The van der Waals surface area contributed by atoms with E-state index in [9.17, 15) is 14.2 Å². The second-order valence-electron chi connectivity index (χ2n) is 2.81. The summed E-state index contributed by atoms with van der Waals surface area (Å²) in [5.41, 5.74) is 0. The lowest BCUT2D eigenvalue weighted by Crippen LogP contribution is -2.18. The van der Waals surface area contributed by atoms with Crippen LogP contribution < -0.4 is 0 Å². The molecule has 5 nitrogen and oxygen atoms in total. The predicted molar refractivity (Wildman–Crippen MR) is 51.7 cm³/mol. The Kier molecular flexibility index (Phi) is 5.65. The topological polar surface area (TPSA) is 69.7 Å². The van der Waals surface area contributed by atoms with Gasteiger partial charge in [0.2, 0.25) is 5.78 Å². The molecule has 0 aliphatic carbocycles. The van der Waals surface area contributed by atoms with Gasteiger partial charge in [-0.15, -0.1) is 0 Å². The van der Waals surface area contributed by atoms with Crippen molar-refractivity contribution in [2.24, 2.45) is 0 Å². The minimum atomic E-state index is -2.71. The van der Waals surface area contributed by atoms with Gasteiger partial charge in [-0.25, -0.2) is 4.79 Å². The molecule has 0 saturated heterocycles. The molecule has 6 heteroatoms. The number of carbonyl (C=O) groups excluding carboxylic acids is 2. The van der Waals surface area contributed by atoms with E-state index in [0.717, 1.165) is 0 Å². The number of esters is 1. The van der Waals surface area contributed by atoms with Gasteiger partial charge in [-0.2, -0.15) is 0 Å². The number of Topliss-reactive ketones (excluding diaryl/α,β-unsaturated/α-hetero) is 1. The molecule has 0 radical (unpaired) electrons. The van der Waals surface area contributed by atoms with Crippen LogP contribution >= 0.6 is 7.37 Å². The first kappa shape index (κ1) is 13.3. The third kappa shape index (κ3) is 5.14. The summed E-state index contributed by atoms with van der Waals surface area (Å²) in [6.45, 7) is 3.20. The monoisotopic (exact) mass is 222 g/mol. The fourth-order valence-electron chi connectivity index (χ4n) is 0.710. The maximum Gasteiger partial charge on any atom is 0.374 e. The fourth-order valence-corrected chi connectivity index (χ4v) is 1.50. The molecule has 0 amide bonds. The van der Waals surface area contributed by atoms with Crippen molar-refractivity contribution in [2.45, 2.75) is 13.3 Å². The van der Waals surface area contributed by atoms with E-state index in [1.807, 2.05) is 0 Å². The van der Waals surface area contributed by atoms with Gasteiger partial charge in [0, 0.05) is 26.4 Å². The average Bonchev–Trinajstić information content (AvgIpc) is 2.15. The van der Waals surface area contributed by atoms with E-state index in [2.05, 4.69) is 9.26 Å². The van der Waals surface area contributed by atoms with Gasteiger partial charge < -0.3 is 9.26 Å². The van der Waals surface area contributed by atoms with E-state index < -0.39 is 19.1 Å². The van der Waals surface area contributed by atoms with E-state index in [1.165, 1.54) is 13.8 Å². The Morgan fingerprint density at radius 3 is 2.36 bits per heavy atom. The molecule has 0 aromatic rings. The number of hydrogen-bond acceptors (Lipinski definition) is 5. The van der Waals surface area contributed by atoms with Crippen molar-refractivity contribution in [1.29, 1.82) is 0 Å². The quantitative estimate of drug-likeness (QED) is 0.382. The first-order valence-electron chi connectivity index (χ1n) is 4.25. The van der Waals surface area contributed by atoms with Crippen LogP contribution in [0.15, 0.2) is 0 Å². The summed E-state index contributed by atoms with van der Waals surface area (Å²) in [6.07, 6.45) is -0.0262. The van der Waals surface area contributed by atoms with Crippen LogP contribution in [-0.2, 0) is 23.4 Å². The Morgan fingerprint density at radius 1 is 1.36 bits per heavy atom. The second kappa shape index (κ2) is 5.94. The molecule has 0 aromatic heterocycles. The van der Waals surface area contributed by atoms with Gasteiger partial charge in [0.15, 0.2) is 7.37 Å². The molecule has 1 atom stereocenters. The zero-order valence-corrected chi connectivity index (χ0v) is 9.50. The molecule has 0 aromatic carbocycles. The normalized spacial score (nSPS) is 14.5. The van der Waals surface area contributed by atoms with Crippen molar-refractivity contribution in [1.82, 2.24) is 0 Å².